The Balaban J connectivity index is 3.20. The Labute approximate surface area is 84.8 Å². The first-order valence-electron chi connectivity index (χ1n) is 4.44. The molecule has 3 nitrogen and oxygen atoms in total. The molecular weight excluding hydrogens is 200 g/mol. The van der Waals surface area contributed by atoms with E-state index in [1.54, 1.807) is 26.0 Å². The van der Waals surface area contributed by atoms with Gasteiger partial charge in [-0.3, -0.25) is 4.18 Å². The Kier molecular flexibility index (Phi) is 3.29. The van der Waals surface area contributed by atoms with Crippen LogP contribution in [0.15, 0.2) is 23.1 Å². The summed E-state index contributed by atoms with van der Waals surface area (Å²) in [6.45, 7) is 5.50. The van der Waals surface area contributed by atoms with E-state index in [-0.39, 0.29) is 11.5 Å². The van der Waals surface area contributed by atoms with Gasteiger partial charge in [0, 0.05) is 0 Å². The monoisotopic (exact) mass is 214 g/mol. The highest BCUT2D eigenvalue weighted by molar-refractivity contribution is 7.86. The van der Waals surface area contributed by atoms with Crippen molar-refractivity contribution in [2.75, 3.05) is 6.61 Å². The summed E-state index contributed by atoms with van der Waals surface area (Å²) in [5, 5.41) is 0. The minimum Gasteiger partial charge on any atom is -0.267 e. The highest BCUT2D eigenvalue weighted by atomic mass is 32.2. The van der Waals surface area contributed by atoms with Crippen LogP contribution in [-0.4, -0.2) is 15.0 Å². The molecule has 0 radical (unpaired) electrons. The average molecular weight is 214 g/mol. The van der Waals surface area contributed by atoms with Crippen molar-refractivity contribution in [3.63, 3.8) is 0 Å². The van der Waals surface area contributed by atoms with Gasteiger partial charge in [-0.25, -0.2) is 0 Å². The fourth-order valence-corrected chi connectivity index (χ4v) is 2.42. The fourth-order valence-electron chi connectivity index (χ4n) is 1.30. The van der Waals surface area contributed by atoms with Crippen LogP contribution in [0.25, 0.3) is 0 Å². The van der Waals surface area contributed by atoms with Crippen LogP contribution in [0.1, 0.15) is 18.1 Å². The third-order valence-electron chi connectivity index (χ3n) is 1.87. The molecule has 1 aromatic carbocycles. The molecule has 0 bridgehead atoms. The first kappa shape index (κ1) is 11.2. The van der Waals surface area contributed by atoms with Crippen LogP contribution in [0.5, 0.6) is 0 Å². The van der Waals surface area contributed by atoms with Crippen LogP contribution in [0.2, 0.25) is 0 Å². The topological polar surface area (TPSA) is 43.4 Å². The van der Waals surface area contributed by atoms with Gasteiger partial charge in [0.25, 0.3) is 10.1 Å². The van der Waals surface area contributed by atoms with Gasteiger partial charge in [0.1, 0.15) is 0 Å². The predicted octanol–water partition coefficient (Wildman–Crippen LogP) is 2.03. The number of hydrogen-bond acceptors (Lipinski definition) is 3. The van der Waals surface area contributed by atoms with Crippen LogP contribution in [0, 0.1) is 13.8 Å². The molecule has 78 valence electrons. The van der Waals surface area contributed by atoms with Gasteiger partial charge in [-0.15, -0.1) is 0 Å². The lowest BCUT2D eigenvalue weighted by Crippen LogP contribution is -2.07. The zero-order chi connectivity index (χ0) is 10.8. The van der Waals surface area contributed by atoms with E-state index in [0.29, 0.717) is 0 Å². The molecule has 0 heterocycles. The van der Waals surface area contributed by atoms with E-state index in [1.165, 1.54) is 0 Å². The van der Waals surface area contributed by atoms with Gasteiger partial charge in [-0.1, -0.05) is 17.7 Å². The molecule has 4 heteroatoms. The van der Waals surface area contributed by atoms with E-state index >= 15 is 0 Å². The highest BCUT2D eigenvalue weighted by Crippen LogP contribution is 2.18. The summed E-state index contributed by atoms with van der Waals surface area (Å²) in [6.07, 6.45) is 0. The van der Waals surface area contributed by atoms with Gasteiger partial charge in [-0.05, 0) is 32.4 Å². The zero-order valence-electron chi connectivity index (χ0n) is 8.57. The molecule has 0 saturated carbocycles. The molecule has 1 rings (SSSR count). The van der Waals surface area contributed by atoms with Gasteiger partial charge in [-0.2, -0.15) is 8.42 Å². The van der Waals surface area contributed by atoms with Crippen LogP contribution >= 0.6 is 0 Å². The molecule has 0 fully saturated rings. The fraction of sp³-hybridized carbons (Fsp3) is 0.400. The second-order valence-electron chi connectivity index (χ2n) is 3.13. The second-order valence-corrected chi connectivity index (χ2v) is 4.71. The quantitative estimate of drug-likeness (QED) is 0.723. The number of benzene rings is 1. The van der Waals surface area contributed by atoms with Gasteiger partial charge >= 0.3 is 0 Å². The highest BCUT2D eigenvalue weighted by Gasteiger charge is 2.16. The van der Waals surface area contributed by atoms with Crippen molar-refractivity contribution >= 4 is 10.1 Å². The summed E-state index contributed by atoms with van der Waals surface area (Å²) in [5.74, 6) is 0. The first-order valence-corrected chi connectivity index (χ1v) is 5.85. The lowest BCUT2D eigenvalue weighted by molar-refractivity contribution is 0.338. The Morgan fingerprint density at radius 2 is 1.93 bits per heavy atom. The maximum atomic E-state index is 11.5. The van der Waals surface area contributed by atoms with Crippen molar-refractivity contribution in [3.05, 3.63) is 29.3 Å². The van der Waals surface area contributed by atoms with Crippen LogP contribution in [0.4, 0.5) is 0 Å². The molecule has 0 aromatic heterocycles. The molecule has 0 amide bonds. The third-order valence-corrected chi connectivity index (χ3v) is 3.42. The number of aryl methyl sites for hydroxylation is 2. The van der Waals surface area contributed by atoms with Gasteiger partial charge in [0.05, 0.1) is 11.5 Å². The van der Waals surface area contributed by atoms with Crippen molar-refractivity contribution < 1.29 is 12.6 Å². The minimum atomic E-state index is -3.56. The Morgan fingerprint density at radius 3 is 2.43 bits per heavy atom. The molecule has 0 spiro atoms. The second kappa shape index (κ2) is 4.11. The summed E-state index contributed by atoms with van der Waals surface area (Å²) in [6, 6.07) is 5.17. The van der Waals surface area contributed by atoms with Crippen LogP contribution in [0.3, 0.4) is 0 Å². The van der Waals surface area contributed by atoms with E-state index in [0.717, 1.165) is 11.1 Å². The van der Waals surface area contributed by atoms with Crippen molar-refractivity contribution in [1.29, 1.82) is 0 Å². The molecular formula is C10H14O3S. The molecule has 14 heavy (non-hydrogen) atoms. The maximum Gasteiger partial charge on any atom is 0.297 e. The SMILES string of the molecule is CCOS(=O)(=O)c1ccc(C)cc1C. The Morgan fingerprint density at radius 1 is 1.29 bits per heavy atom. The predicted molar refractivity (Wildman–Crippen MR) is 54.7 cm³/mol. The first-order chi connectivity index (χ1) is 6.47. The van der Waals surface area contributed by atoms with E-state index in [1.807, 2.05) is 13.0 Å². The van der Waals surface area contributed by atoms with E-state index < -0.39 is 10.1 Å². The third kappa shape index (κ3) is 2.33. The van der Waals surface area contributed by atoms with Crippen molar-refractivity contribution in [2.24, 2.45) is 0 Å². The molecule has 0 atom stereocenters. The van der Waals surface area contributed by atoms with Crippen LogP contribution in [-0.2, 0) is 14.3 Å². The summed E-state index contributed by atoms with van der Waals surface area (Å²) in [5.41, 5.74) is 1.76. The largest absolute Gasteiger partial charge is 0.297 e. The standard InChI is InChI=1S/C10H14O3S/c1-4-13-14(11,12)10-6-5-8(2)7-9(10)3/h5-7H,4H2,1-3H3. The van der Waals surface area contributed by atoms with Crippen molar-refractivity contribution in [2.45, 2.75) is 25.7 Å². The van der Waals surface area contributed by atoms with Crippen molar-refractivity contribution in [1.82, 2.24) is 0 Å². The van der Waals surface area contributed by atoms with Crippen LogP contribution < -0.4 is 0 Å². The molecule has 0 aliphatic carbocycles. The summed E-state index contributed by atoms with van der Waals surface area (Å²) in [4.78, 5) is 0.255. The maximum absolute atomic E-state index is 11.5. The number of rotatable bonds is 3. The Bertz CT molecular complexity index is 421. The molecule has 0 N–H and O–H groups in total. The van der Waals surface area contributed by atoms with Gasteiger partial charge in [0.15, 0.2) is 0 Å². The van der Waals surface area contributed by atoms with Crippen molar-refractivity contribution in [3.8, 4) is 0 Å². The lowest BCUT2D eigenvalue weighted by Gasteiger charge is -2.07. The summed E-state index contributed by atoms with van der Waals surface area (Å²) in [7, 11) is -3.56. The van der Waals surface area contributed by atoms with Gasteiger partial charge < -0.3 is 0 Å². The molecule has 0 aliphatic heterocycles. The smallest absolute Gasteiger partial charge is 0.267 e. The zero-order valence-corrected chi connectivity index (χ0v) is 9.39. The Hall–Kier alpha value is -0.870. The van der Waals surface area contributed by atoms with E-state index in [4.69, 9.17) is 4.18 Å². The normalized spacial score (nSPS) is 11.6. The molecule has 1 aromatic rings. The molecule has 0 aliphatic rings. The van der Waals surface area contributed by atoms with Gasteiger partial charge in [0.2, 0.25) is 0 Å². The summed E-state index contributed by atoms with van der Waals surface area (Å²) < 4.78 is 27.8. The van der Waals surface area contributed by atoms with E-state index in [2.05, 4.69) is 0 Å². The van der Waals surface area contributed by atoms with E-state index in [9.17, 15) is 8.42 Å². The summed E-state index contributed by atoms with van der Waals surface area (Å²) >= 11 is 0. The molecule has 0 saturated heterocycles. The average Bonchev–Trinajstić information content (AvgIpc) is 2.02. The number of hydrogen-bond donors (Lipinski definition) is 0. The lowest BCUT2D eigenvalue weighted by atomic mass is 10.2. The molecule has 0 unspecified atom stereocenters. The minimum absolute atomic E-state index is 0.162.